The van der Waals surface area contributed by atoms with Crippen molar-refractivity contribution in [1.29, 1.82) is 0 Å². The van der Waals surface area contributed by atoms with E-state index < -0.39 is 7.15 Å². The van der Waals surface area contributed by atoms with Gasteiger partial charge in [-0.2, -0.15) is 29.9 Å². The summed E-state index contributed by atoms with van der Waals surface area (Å²) in [5, 5.41) is 19.0. The first-order valence-corrected chi connectivity index (χ1v) is 43.9. The zero-order valence-corrected chi connectivity index (χ0v) is 74.5. The third kappa shape index (κ3) is 13.0. The number of hydrogen-bond donors (Lipinski definition) is 1. The van der Waals surface area contributed by atoms with Crippen molar-refractivity contribution in [1.82, 2.24) is 66.9 Å². The van der Waals surface area contributed by atoms with E-state index in [1.807, 2.05) is 60.7 Å². The number of halogens is 2. The molecule has 0 aliphatic rings. The van der Waals surface area contributed by atoms with Crippen molar-refractivity contribution >= 4 is 194 Å². The molecule has 1 N–H and O–H groups in total. The molecule has 18 aromatic carbocycles. The summed E-state index contributed by atoms with van der Waals surface area (Å²) in [6.45, 7) is 0. The van der Waals surface area contributed by atoms with Gasteiger partial charge in [0.05, 0.1) is 91.3 Å². The molecule has 28 rings (SSSR count). The molecule has 28 aromatic rings. The summed E-state index contributed by atoms with van der Waals surface area (Å²) >= 11 is 6.55. The maximum absolute atomic E-state index is 9.96. The Kier molecular flexibility index (Phi) is 20.0. The fraction of sp³-hybridized carbons (Fsp3) is 0.00870. The maximum atomic E-state index is 9.96. The largest absolute Gasteiger partial charge is 1.00 e. The van der Waals surface area contributed by atoms with E-state index in [4.69, 9.17) is 32.9 Å². The van der Waals surface area contributed by atoms with Crippen LogP contribution >= 0.6 is 11.6 Å². The van der Waals surface area contributed by atoms with E-state index in [2.05, 4.69) is 411 Å². The Balaban J connectivity index is 0.000000126. The van der Waals surface area contributed by atoms with Crippen LogP contribution in [0, 0.1) is 0 Å². The molecular formula is C115H75BClFN14Na. The van der Waals surface area contributed by atoms with Crippen molar-refractivity contribution in [3.8, 4) is 63.4 Å². The Morgan fingerprint density at radius 1 is 0.241 bits per heavy atom. The van der Waals surface area contributed by atoms with Crippen LogP contribution in [0.5, 0.6) is 0 Å². The fourth-order valence-electron chi connectivity index (χ4n) is 20.3. The summed E-state index contributed by atoms with van der Waals surface area (Å²) in [6.07, 6.45) is 0. The summed E-state index contributed by atoms with van der Waals surface area (Å²) in [5.41, 5.74) is 24.0. The van der Waals surface area contributed by atoms with E-state index in [-0.39, 0.29) is 44.7 Å². The number of fused-ring (bicyclic) bond motifs is 28. The van der Waals surface area contributed by atoms with E-state index in [9.17, 15) is 4.39 Å². The molecule has 0 saturated heterocycles. The molecule has 0 aliphatic carbocycles. The minimum atomic E-state index is -1.00. The summed E-state index contributed by atoms with van der Waals surface area (Å²) in [6, 6.07) is 149. The van der Waals surface area contributed by atoms with Crippen LogP contribution in [0.2, 0.25) is 5.28 Å². The second kappa shape index (κ2) is 33.3. The van der Waals surface area contributed by atoms with Crippen LogP contribution < -0.4 is 29.6 Å². The van der Waals surface area contributed by atoms with Gasteiger partial charge in [0.2, 0.25) is 23.1 Å². The van der Waals surface area contributed by atoms with Gasteiger partial charge in [0.25, 0.3) is 0 Å². The zero-order chi connectivity index (χ0) is 87.6. The summed E-state index contributed by atoms with van der Waals surface area (Å²) in [4.78, 5) is 34.3. The van der Waals surface area contributed by atoms with Gasteiger partial charge in [0.1, 0.15) is 0 Å². The molecule has 0 fully saturated rings. The predicted octanol–water partition coefficient (Wildman–Crippen LogP) is 26.1. The monoisotopic (exact) mass is 1740 g/mol. The molecule has 0 saturated carbocycles. The SMILES string of the molecule is Clc1nc(-c2ccccc2)nc(-n2c3ccccc3c3ccc4c5ccccc5n(-c5ccccc5)c4c32)n1.[2H]CF.[B].[H-].[Na+].c1ccc(-c2nc(-n3c4ccccc4c4ccc5c(c6ccccc6n5-c5ccccc5)c43)nc(-n3c4ccccc4c4ccc5c6ccccc6n(-c6ccccc6)c5c43)n2)cc1.c1ccc(-n2c3ccccc3c3c4[nH]c5ccccc5c4ccc32)cc1. The van der Waals surface area contributed by atoms with Gasteiger partial charge < -0.3 is 24.7 Å². The van der Waals surface area contributed by atoms with Crippen LogP contribution in [0.15, 0.2) is 425 Å². The normalized spacial score (nSPS) is 11.7. The summed E-state index contributed by atoms with van der Waals surface area (Å²) in [7, 11) is -1.00. The second-order valence-corrected chi connectivity index (χ2v) is 33.0. The summed E-state index contributed by atoms with van der Waals surface area (Å²) < 4.78 is 31.6. The van der Waals surface area contributed by atoms with Crippen molar-refractivity contribution in [2.45, 2.75) is 0 Å². The molecule has 18 heteroatoms. The second-order valence-electron chi connectivity index (χ2n) is 32.7. The first kappa shape index (κ1) is 80.0. The van der Waals surface area contributed by atoms with E-state index in [0.717, 1.165) is 148 Å². The smallest absolute Gasteiger partial charge is 1.00 e. The van der Waals surface area contributed by atoms with Crippen molar-refractivity contribution in [3.05, 3.63) is 430 Å². The van der Waals surface area contributed by atoms with Gasteiger partial charge in [-0.15, -0.1) is 0 Å². The van der Waals surface area contributed by atoms with Crippen LogP contribution in [-0.4, -0.2) is 82.4 Å². The molecule has 10 aromatic heterocycles. The van der Waals surface area contributed by atoms with Gasteiger partial charge in [-0.1, -0.05) is 315 Å². The molecule has 3 radical (unpaired) electrons. The Hall–Kier alpha value is -16.3. The minimum absolute atomic E-state index is 0. The van der Waals surface area contributed by atoms with E-state index >= 15 is 0 Å². The number of nitrogens with one attached hydrogen (secondary N) is 1. The van der Waals surface area contributed by atoms with Gasteiger partial charge in [0, 0.05) is 134 Å². The average Bonchev–Trinajstić information content (AvgIpc) is 1.57. The van der Waals surface area contributed by atoms with Crippen LogP contribution in [0.3, 0.4) is 0 Å². The molecular weight excluding hydrogens is 1670 g/mol. The average molecular weight is 1740 g/mol. The number of aromatic nitrogens is 14. The van der Waals surface area contributed by atoms with Crippen molar-refractivity contribution in [3.63, 3.8) is 0 Å². The molecule has 623 valence electrons. The van der Waals surface area contributed by atoms with Gasteiger partial charge in [-0.05, 0) is 121 Å². The molecule has 0 unspecified atom stereocenters. The molecule has 0 aliphatic heterocycles. The number of hydrogen-bond acceptors (Lipinski definition) is 6. The third-order valence-corrected chi connectivity index (χ3v) is 25.8. The first-order valence-electron chi connectivity index (χ1n) is 44.3. The standard InChI is InChI=1S/C57H35N7.C33H20ClN5.C24H16N2.CH3F.B.Na.H/c1-4-18-36(19-5-1)55-58-56(63-47-29-15-11-24-39(47)42-34-35-50-51(52(42)63)45-27-13-17-31-49(45)61(50)37-20-6-2-7-21-37)60-57(59-55)64-48-30-16-12-26-41(48)44-33-32-43-40-25-10-14-28-46(40)62(53(43)54(44)64)38-22-8-3-9-23-38;34-32-35-31(21-11-3-1-4-12-21)36-33(37-32)39-28-18-10-8-16-24(28)26-20-19-25-23-15-7-9-17-27(23)38(29(25)30(26)39)22-13-5-2-6-14-22;1-2-8-16(9-3-1)26-21-13-7-5-11-19(21)23-22(26)15-14-18-17-10-4-6-12-20(17)25-24(18)23;1-2;;;/h1-35H;1-20H;1-15,25H;1H3;;;/q;;;;;+1;-1/i;;;1D;;;. The molecule has 133 heavy (non-hydrogen) atoms. The molecule has 0 bridgehead atoms. The zero-order valence-electron chi connectivity index (χ0n) is 73.8. The van der Waals surface area contributed by atoms with Crippen LogP contribution in [0.25, 0.3) is 238 Å². The van der Waals surface area contributed by atoms with Crippen LogP contribution in [0.1, 0.15) is 2.80 Å². The van der Waals surface area contributed by atoms with Crippen molar-refractivity contribution in [2.24, 2.45) is 0 Å². The predicted molar refractivity (Wildman–Crippen MR) is 546 cm³/mol. The number of alkyl halides is 1. The molecule has 10 heterocycles. The van der Waals surface area contributed by atoms with E-state index in [0.29, 0.717) is 29.5 Å². The molecule has 0 amide bonds. The number of H-pyrrole nitrogens is 1. The summed E-state index contributed by atoms with van der Waals surface area (Å²) in [5.74, 6) is 2.69. The van der Waals surface area contributed by atoms with E-state index in [1.165, 1.54) is 60.1 Å². The van der Waals surface area contributed by atoms with E-state index in [1.54, 1.807) is 0 Å². The molecule has 14 nitrogen and oxygen atoms in total. The van der Waals surface area contributed by atoms with Gasteiger partial charge in [-0.25, -0.2) is 0 Å². The van der Waals surface area contributed by atoms with Crippen LogP contribution in [-0.2, 0) is 0 Å². The maximum Gasteiger partial charge on any atom is 1.00 e. The third-order valence-electron chi connectivity index (χ3n) is 25.7. The molecule has 0 spiro atoms. The Bertz CT molecular complexity index is 9450. The Labute approximate surface area is 792 Å². The topological polar surface area (TPSA) is 128 Å². The number of benzene rings is 18. The Morgan fingerprint density at radius 2 is 0.504 bits per heavy atom. The number of para-hydroxylation sites is 12. The van der Waals surface area contributed by atoms with Gasteiger partial charge in [0.15, 0.2) is 11.6 Å². The minimum Gasteiger partial charge on any atom is -1.00 e. The van der Waals surface area contributed by atoms with Gasteiger partial charge in [-0.3, -0.25) is 18.1 Å². The van der Waals surface area contributed by atoms with Crippen LogP contribution in [0.4, 0.5) is 4.39 Å². The number of nitrogens with zero attached hydrogens (tertiary/aromatic N) is 13. The Morgan fingerprint density at radius 3 is 0.902 bits per heavy atom. The van der Waals surface area contributed by atoms with Crippen molar-refractivity contribution < 1.29 is 36.7 Å². The molecule has 0 atom stereocenters. The number of aromatic amines is 1. The number of rotatable bonds is 9. The van der Waals surface area contributed by atoms with Gasteiger partial charge >= 0.3 is 29.6 Å². The first-order chi connectivity index (χ1) is 65.4. The quantitative estimate of drug-likeness (QED) is 0.143. The van der Waals surface area contributed by atoms with Crippen molar-refractivity contribution in [2.75, 3.05) is 7.15 Å². The fourth-order valence-corrected chi connectivity index (χ4v) is 20.5.